The lowest BCUT2D eigenvalue weighted by Gasteiger charge is -2.54. The lowest BCUT2D eigenvalue weighted by molar-refractivity contribution is -0.124. The number of hydrogen-bond acceptors (Lipinski definition) is 11. The predicted molar refractivity (Wildman–Crippen MR) is 210 cm³/mol. The molecule has 56 heavy (non-hydrogen) atoms. The molecule has 0 radical (unpaired) electrons. The highest BCUT2D eigenvalue weighted by molar-refractivity contribution is 9.11. The van der Waals surface area contributed by atoms with Gasteiger partial charge in [0.1, 0.15) is 18.8 Å². The average molecular weight is 907 g/mol. The number of esters is 2. The summed E-state index contributed by atoms with van der Waals surface area (Å²) in [6.45, 7) is 18.1. The van der Waals surface area contributed by atoms with Gasteiger partial charge in [-0.25, -0.2) is 19.2 Å². The number of piperazine rings is 2. The second-order valence-electron chi connectivity index (χ2n) is 17.2. The first-order chi connectivity index (χ1) is 26.4. The topological polar surface area (TPSA) is 148 Å². The third kappa shape index (κ3) is 8.19. The summed E-state index contributed by atoms with van der Waals surface area (Å²) in [5.74, 6) is -0.560. The summed E-state index contributed by atoms with van der Waals surface area (Å²) in [5, 5.41) is 9.66. The summed E-state index contributed by atoms with van der Waals surface area (Å²) in [6.07, 6.45) is -1.35. The summed E-state index contributed by atoms with van der Waals surface area (Å²) < 4.78 is 29.9. The van der Waals surface area contributed by atoms with Crippen molar-refractivity contribution < 1.29 is 48.0 Å². The fraction of sp³-hybridized carbons (Fsp3) is 0.600. The van der Waals surface area contributed by atoms with E-state index >= 15 is 0 Å². The monoisotopic (exact) mass is 904 g/mol. The number of amides is 2. The molecule has 6 aliphatic heterocycles. The van der Waals surface area contributed by atoms with Gasteiger partial charge in [0, 0.05) is 65.9 Å². The minimum absolute atomic E-state index is 0.0270. The van der Waals surface area contributed by atoms with E-state index in [2.05, 4.69) is 62.4 Å². The van der Waals surface area contributed by atoms with Gasteiger partial charge in [0.2, 0.25) is 0 Å². The largest absolute Gasteiger partial charge is 0.465 e. The molecule has 5 atom stereocenters. The van der Waals surface area contributed by atoms with Crippen LogP contribution in [0, 0.1) is 5.41 Å². The van der Waals surface area contributed by atoms with Crippen LogP contribution in [0.5, 0.6) is 0 Å². The van der Waals surface area contributed by atoms with Crippen LogP contribution in [0.2, 0.25) is 0 Å². The van der Waals surface area contributed by atoms with E-state index < -0.39 is 11.7 Å². The average Bonchev–Trinajstić information content (AvgIpc) is 3.72. The molecule has 0 aliphatic carbocycles. The predicted octanol–water partition coefficient (Wildman–Crippen LogP) is 6.38. The number of nitrogens with zero attached hydrogens (tertiary/aromatic N) is 4. The Balaban J connectivity index is 0.000000172. The summed E-state index contributed by atoms with van der Waals surface area (Å²) in [6, 6.07) is 7.55. The highest BCUT2D eigenvalue weighted by Crippen LogP contribution is 2.41. The van der Waals surface area contributed by atoms with E-state index in [1.54, 1.807) is 15.9 Å². The first kappa shape index (κ1) is 40.9. The maximum Gasteiger partial charge on any atom is 0.410 e. The first-order valence-electron chi connectivity index (χ1n) is 19.1. The van der Waals surface area contributed by atoms with Crippen LogP contribution in [0.15, 0.2) is 33.2 Å². The van der Waals surface area contributed by atoms with E-state index in [-0.39, 0.29) is 60.4 Å². The SMILES string of the molecule is CC(C)(C)OC(=O)N1CCN2C[C@H](c3ccc4c(c3Br)COC4=O)OC[C@@H]2C1.CC(C)(C)[C@@H]1C2COC(c3ccc4c(c3Br)COC4=O)CN2CCN1C(=O)O. The van der Waals surface area contributed by atoms with Crippen molar-refractivity contribution in [3.8, 4) is 0 Å². The van der Waals surface area contributed by atoms with Gasteiger partial charge in [0.05, 0.1) is 54.7 Å². The number of benzene rings is 2. The molecule has 2 unspecified atom stereocenters. The maximum absolute atomic E-state index is 12.4. The van der Waals surface area contributed by atoms with Crippen LogP contribution < -0.4 is 0 Å². The van der Waals surface area contributed by atoms with Gasteiger partial charge in [-0.3, -0.25) is 9.80 Å². The Morgan fingerprint density at radius 3 is 1.82 bits per heavy atom. The number of morpholine rings is 2. The zero-order valence-electron chi connectivity index (χ0n) is 32.6. The van der Waals surface area contributed by atoms with Gasteiger partial charge in [-0.2, -0.15) is 0 Å². The minimum atomic E-state index is -0.868. The smallest absolute Gasteiger partial charge is 0.410 e. The Hall–Kier alpha value is -3.28. The van der Waals surface area contributed by atoms with Crippen molar-refractivity contribution in [3.05, 3.63) is 66.6 Å². The highest BCUT2D eigenvalue weighted by atomic mass is 79.9. The Kier molecular flexibility index (Phi) is 11.6. The van der Waals surface area contributed by atoms with Crippen molar-refractivity contribution in [3.63, 3.8) is 0 Å². The molecule has 8 rings (SSSR count). The van der Waals surface area contributed by atoms with E-state index in [0.717, 1.165) is 44.3 Å². The fourth-order valence-electron chi connectivity index (χ4n) is 8.64. The quantitative estimate of drug-likeness (QED) is 0.264. The normalized spacial score (nSPS) is 26.5. The summed E-state index contributed by atoms with van der Waals surface area (Å²) in [4.78, 5) is 55.7. The van der Waals surface area contributed by atoms with Crippen molar-refractivity contribution >= 4 is 56.0 Å². The molecule has 6 heterocycles. The number of carbonyl (C=O) groups excluding carboxylic acids is 3. The van der Waals surface area contributed by atoms with E-state index in [9.17, 15) is 24.3 Å². The molecule has 304 valence electrons. The van der Waals surface area contributed by atoms with Gasteiger partial charge in [-0.1, -0.05) is 32.9 Å². The van der Waals surface area contributed by atoms with E-state index in [4.69, 9.17) is 23.7 Å². The lowest BCUT2D eigenvalue weighted by atomic mass is 9.79. The standard InChI is InChI=1S/2C20H25BrN2O5/c1-20(2,3)28-19(25)23-7-6-22-9-16(26-10-12(22)8-23)14-5-4-13-15(17(14)21)11-27-18(13)24;1-20(2,3)17-14-10-27-15(8-22(14)6-7-23(17)19(25)26)12-5-4-11-13(16(12)21)9-28-18(11)24/h4-5,12,16H,6-11H2,1-3H3;4-5,14-15,17H,6-10H2,1-3H3,(H,25,26)/t12-,16+;14?,15?,17-/m00/s1. The summed E-state index contributed by atoms with van der Waals surface area (Å²) >= 11 is 7.28. The molecular weight excluding hydrogens is 856 g/mol. The number of rotatable bonds is 2. The van der Waals surface area contributed by atoms with Crippen LogP contribution in [-0.2, 0) is 36.9 Å². The van der Waals surface area contributed by atoms with Crippen LogP contribution in [-0.4, -0.2) is 132 Å². The molecule has 2 aromatic rings. The van der Waals surface area contributed by atoms with Crippen LogP contribution in [0.1, 0.15) is 96.7 Å². The number of hydrogen-bond donors (Lipinski definition) is 1. The zero-order chi connectivity index (χ0) is 40.3. The molecule has 4 saturated heterocycles. The molecule has 4 fully saturated rings. The molecule has 0 bridgehead atoms. The second kappa shape index (κ2) is 15.8. The molecule has 1 N–H and O–H groups in total. The van der Waals surface area contributed by atoms with Gasteiger partial charge >= 0.3 is 24.1 Å². The Morgan fingerprint density at radius 1 is 0.750 bits per heavy atom. The Morgan fingerprint density at radius 2 is 1.29 bits per heavy atom. The second-order valence-corrected chi connectivity index (χ2v) is 18.8. The minimum Gasteiger partial charge on any atom is -0.465 e. The van der Waals surface area contributed by atoms with E-state index in [1.807, 2.05) is 39.0 Å². The zero-order valence-corrected chi connectivity index (χ0v) is 35.8. The molecule has 2 amide bonds. The van der Waals surface area contributed by atoms with Crippen molar-refractivity contribution in [2.45, 2.75) is 90.7 Å². The Labute approximate surface area is 343 Å². The van der Waals surface area contributed by atoms with E-state index in [1.165, 1.54) is 0 Å². The van der Waals surface area contributed by atoms with Crippen molar-refractivity contribution in [2.24, 2.45) is 5.41 Å². The number of halogens is 2. The number of fused-ring (bicyclic) bond motifs is 4. The number of carbonyl (C=O) groups is 4. The van der Waals surface area contributed by atoms with Crippen LogP contribution in [0.4, 0.5) is 9.59 Å². The summed E-state index contributed by atoms with van der Waals surface area (Å²) in [5.41, 5.74) is 4.34. The lowest BCUT2D eigenvalue weighted by Crippen LogP contribution is -2.68. The molecular formula is C40H50Br2N4O10. The molecule has 0 spiro atoms. The fourth-order valence-corrected chi connectivity index (χ4v) is 10.1. The van der Waals surface area contributed by atoms with Crippen molar-refractivity contribution in [2.75, 3.05) is 59.0 Å². The number of ether oxygens (including phenoxy) is 5. The molecule has 2 aromatic carbocycles. The van der Waals surface area contributed by atoms with Gasteiger partial charge < -0.3 is 38.6 Å². The van der Waals surface area contributed by atoms with Gasteiger partial charge in [0.15, 0.2) is 0 Å². The highest BCUT2D eigenvalue weighted by Gasteiger charge is 2.48. The van der Waals surface area contributed by atoms with E-state index in [0.29, 0.717) is 63.7 Å². The number of cyclic esters (lactones) is 2. The third-order valence-corrected chi connectivity index (χ3v) is 13.2. The third-order valence-electron chi connectivity index (χ3n) is 11.3. The van der Waals surface area contributed by atoms with Crippen LogP contribution in [0.3, 0.4) is 0 Å². The first-order valence-corrected chi connectivity index (χ1v) is 20.7. The maximum atomic E-state index is 12.4. The molecule has 14 nitrogen and oxygen atoms in total. The van der Waals surface area contributed by atoms with Crippen LogP contribution >= 0.6 is 31.9 Å². The summed E-state index contributed by atoms with van der Waals surface area (Å²) in [7, 11) is 0. The molecule has 0 aromatic heterocycles. The Bertz CT molecular complexity index is 1900. The van der Waals surface area contributed by atoms with Crippen LogP contribution in [0.25, 0.3) is 0 Å². The van der Waals surface area contributed by atoms with Gasteiger partial charge in [0.25, 0.3) is 0 Å². The number of carboxylic acid groups (broad SMARTS) is 1. The van der Waals surface area contributed by atoms with Gasteiger partial charge in [-0.15, -0.1) is 0 Å². The molecule has 0 saturated carbocycles. The molecule has 16 heteroatoms. The van der Waals surface area contributed by atoms with Crippen molar-refractivity contribution in [1.29, 1.82) is 0 Å². The van der Waals surface area contributed by atoms with Gasteiger partial charge in [-0.05, 0) is 81.3 Å². The van der Waals surface area contributed by atoms with Crippen molar-refractivity contribution in [1.82, 2.24) is 19.6 Å². The molecule has 6 aliphatic rings.